The number of rotatable bonds is 4. The van der Waals surface area contributed by atoms with Crippen molar-refractivity contribution in [1.29, 1.82) is 0 Å². The number of aromatic nitrogens is 3. The van der Waals surface area contributed by atoms with E-state index in [0.29, 0.717) is 23.3 Å². The topological polar surface area (TPSA) is 92.4 Å². The number of imidazole rings is 1. The minimum atomic E-state index is -0.700. The first-order chi connectivity index (χ1) is 11.2. The molecule has 1 aliphatic carbocycles. The molecule has 2 aromatic heterocycles. The van der Waals surface area contributed by atoms with Crippen molar-refractivity contribution in [2.24, 2.45) is 0 Å². The first-order valence-corrected chi connectivity index (χ1v) is 8.27. The molecule has 23 heavy (non-hydrogen) atoms. The van der Waals surface area contributed by atoms with Crippen LogP contribution >= 0.6 is 11.6 Å². The van der Waals surface area contributed by atoms with Crippen LogP contribution in [0, 0.1) is 0 Å². The van der Waals surface area contributed by atoms with Crippen LogP contribution in [0.1, 0.15) is 31.9 Å². The van der Waals surface area contributed by atoms with E-state index in [2.05, 4.69) is 15.3 Å². The van der Waals surface area contributed by atoms with Gasteiger partial charge >= 0.3 is 0 Å². The van der Waals surface area contributed by atoms with Crippen LogP contribution in [-0.2, 0) is 4.74 Å². The highest BCUT2D eigenvalue weighted by Gasteiger charge is 2.35. The summed E-state index contributed by atoms with van der Waals surface area (Å²) in [7, 11) is 0. The Morgan fingerprint density at radius 3 is 2.91 bits per heavy atom. The molecule has 3 N–H and O–H groups in total. The zero-order valence-corrected chi connectivity index (χ0v) is 13.3. The third-order valence-electron chi connectivity index (χ3n) is 4.66. The summed E-state index contributed by atoms with van der Waals surface area (Å²) in [6, 6.07) is 2.26. The van der Waals surface area contributed by atoms with E-state index in [1.165, 1.54) is 6.42 Å². The van der Waals surface area contributed by atoms with Crippen LogP contribution in [0.25, 0.3) is 11.2 Å². The van der Waals surface area contributed by atoms with Crippen molar-refractivity contribution in [3.05, 3.63) is 17.5 Å². The molecule has 0 bridgehead atoms. The predicted molar refractivity (Wildman–Crippen MR) is 85.4 cm³/mol. The standard InChI is InChI=1S/C15H19ClN4O3/c16-12-4-9(18-8-2-1-3-8)14-15(19-12)20(7-17-14)13-5-10(22)11(6-21)23-13/h4,7-8,10-11,13,21-22H,1-3,5-6H2,(H,18,19)/t10-,11?,13+/m0/s1. The summed E-state index contributed by atoms with van der Waals surface area (Å²) >= 11 is 6.17. The Morgan fingerprint density at radius 1 is 1.43 bits per heavy atom. The number of nitrogens with zero attached hydrogens (tertiary/aromatic N) is 3. The van der Waals surface area contributed by atoms with Crippen LogP contribution in [0.4, 0.5) is 5.69 Å². The van der Waals surface area contributed by atoms with E-state index in [0.717, 1.165) is 24.0 Å². The van der Waals surface area contributed by atoms with E-state index in [1.807, 2.05) is 0 Å². The molecular formula is C15H19ClN4O3. The highest BCUT2D eigenvalue weighted by Crippen LogP contribution is 2.34. The molecule has 0 radical (unpaired) electrons. The van der Waals surface area contributed by atoms with Gasteiger partial charge in [0.1, 0.15) is 23.0 Å². The lowest BCUT2D eigenvalue weighted by molar-refractivity contribution is -0.0432. The van der Waals surface area contributed by atoms with Gasteiger partial charge in [-0.15, -0.1) is 0 Å². The van der Waals surface area contributed by atoms with Crippen molar-refractivity contribution >= 4 is 28.5 Å². The van der Waals surface area contributed by atoms with E-state index < -0.39 is 18.4 Å². The van der Waals surface area contributed by atoms with Gasteiger partial charge in [-0.05, 0) is 19.3 Å². The molecule has 8 heteroatoms. The molecule has 0 aromatic carbocycles. The van der Waals surface area contributed by atoms with Crippen LogP contribution < -0.4 is 5.32 Å². The van der Waals surface area contributed by atoms with Gasteiger partial charge < -0.3 is 20.3 Å². The number of aliphatic hydroxyl groups excluding tert-OH is 2. The number of pyridine rings is 1. The zero-order valence-electron chi connectivity index (χ0n) is 12.5. The van der Waals surface area contributed by atoms with Gasteiger partial charge in [0, 0.05) is 18.5 Å². The summed E-state index contributed by atoms with van der Waals surface area (Å²) in [5.41, 5.74) is 2.24. The first-order valence-electron chi connectivity index (χ1n) is 7.89. The smallest absolute Gasteiger partial charge is 0.165 e. The van der Waals surface area contributed by atoms with Crippen LogP contribution in [0.5, 0.6) is 0 Å². The fourth-order valence-corrected chi connectivity index (χ4v) is 3.31. The number of hydrogen-bond acceptors (Lipinski definition) is 6. The van der Waals surface area contributed by atoms with E-state index >= 15 is 0 Å². The van der Waals surface area contributed by atoms with Crippen molar-refractivity contribution in [2.45, 2.75) is 50.2 Å². The van der Waals surface area contributed by atoms with Gasteiger partial charge in [0.25, 0.3) is 0 Å². The average Bonchev–Trinajstić information content (AvgIpc) is 3.05. The van der Waals surface area contributed by atoms with Crippen LogP contribution in [0.3, 0.4) is 0 Å². The van der Waals surface area contributed by atoms with Crippen molar-refractivity contribution in [3.63, 3.8) is 0 Å². The molecule has 2 fully saturated rings. The number of aliphatic hydroxyl groups is 2. The second-order valence-electron chi connectivity index (χ2n) is 6.20. The summed E-state index contributed by atoms with van der Waals surface area (Å²) in [5.74, 6) is 0. The molecule has 1 aliphatic heterocycles. The summed E-state index contributed by atoms with van der Waals surface area (Å²) in [5, 5.41) is 23.0. The lowest BCUT2D eigenvalue weighted by Crippen LogP contribution is -2.27. The quantitative estimate of drug-likeness (QED) is 0.735. The fourth-order valence-electron chi connectivity index (χ4n) is 3.12. The van der Waals surface area contributed by atoms with Crippen molar-refractivity contribution < 1.29 is 14.9 Å². The number of nitrogens with one attached hydrogen (secondary N) is 1. The summed E-state index contributed by atoms with van der Waals surface area (Å²) in [4.78, 5) is 8.82. The maximum absolute atomic E-state index is 9.92. The van der Waals surface area contributed by atoms with Crippen molar-refractivity contribution in [3.8, 4) is 0 Å². The molecule has 3 heterocycles. The summed E-state index contributed by atoms with van der Waals surface area (Å²) in [6.45, 7) is -0.215. The maximum atomic E-state index is 9.92. The molecule has 0 spiro atoms. The minimum absolute atomic E-state index is 0.215. The minimum Gasteiger partial charge on any atom is -0.394 e. The molecule has 4 rings (SSSR count). The monoisotopic (exact) mass is 338 g/mol. The Labute approximate surface area is 138 Å². The Bertz CT molecular complexity index is 718. The number of hydrogen-bond donors (Lipinski definition) is 3. The van der Waals surface area contributed by atoms with Gasteiger partial charge in [-0.1, -0.05) is 11.6 Å². The van der Waals surface area contributed by atoms with E-state index in [9.17, 15) is 10.2 Å². The fraction of sp³-hybridized carbons (Fsp3) is 0.600. The molecular weight excluding hydrogens is 320 g/mol. The molecule has 7 nitrogen and oxygen atoms in total. The second-order valence-corrected chi connectivity index (χ2v) is 6.59. The molecule has 1 unspecified atom stereocenters. The SMILES string of the molecule is OCC1O[C@@H](n2cnc3c(NC4CCC4)cc(Cl)nc32)C[C@@H]1O. The Kier molecular flexibility index (Phi) is 3.88. The number of anilines is 1. The van der Waals surface area contributed by atoms with E-state index in [1.54, 1.807) is 17.0 Å². The number of fused-ring (bicyclic) bond motifs is 1. The molecule has 0 amide bonds. The lowest BCUT2D eigenvalue weighted by atomic mass is 9.93. The van der Waals surface area contributed by atoms with Gasteiger partial charge in [-0.25, -0.2) is 9.97 Å². The van der Waals surface area contributed by atoms with Crippen LogP contribution in [0.15, 0.2) is 12.4 Å². The molecule has 1 saturated heterocycles. The zero-order chi connectivity index (χ0) is 16.0. The molecule has 124 valence electrons. The van der Waals surface area contributed by atoms with Gasteiger partial charge in [-0.2, -0.15) is 0 Å². The lowest BCUT2D eigenvalue weighted by Gasteiger charge is -2.27. The molecule has 1 saturated carbocycles. The Morgan fingerprint density at radius 2 is 2.26 bits per heavy atom. The van der Waals surface area contributed by atoms with E-state index in [-0.39, 0.29) is 6.61 Å². The summed E-state index contributed by atoms with van der Waals surface area (Å²) in [6.07, 6.45) is 3.89. The van der Waals surface area contributed by atoms with Crippen molar-refractivity contribution in [1.82, 2.24) is 14.5 Å². The maximum Gasteiger partial charge on any atom is 0.165 e. The molecule has 2 aromatic rings. The molecule has 2 aliphatic rings. The van der Waals surface area contributed by atoms with Gasteiger partial charge in [0.2, 0.25) is 0 Å². The highest BCUT2D eigenvalue weighted by molar-refractivity contribution is 6.30. The van der Waals surface area contributed by atoms with Gasteiger partial charge in [0.15, 0.2) is 5.65 Å². The van der Waals surface area contributed by atoms with Crippen LogP contribution in [-0.4, -0.2) is 49.6 Å². The largest absolute Gasteiger partial charge is 0.394 e. The average molecular weight is 339 g/mol. The summed E-state index contributed by atoms with van der Waals surface area (Å²) < 4.78 is 7.46. The van der Waals surface area contributed by atoms with E-state index in [4.69, 9.17) is 16.3 Å². The highest BCUT2D eigenvalue weighted by atomic mass is 35.5. The van der Waals surface area contributed by atoms with Gasteiger partial charge in [0.05, 0.1) is 24.7 Å². The third kappa shape index (κ3) is 2.67. The normalized spacial score (nSPS) is 28.2. The first kappa shape index (κ1) is 15.1. The second kappa shape index (κ2) is 5.90. The van der Waals surface area contributed by atoms with Crippen molar-refractivity contribution in [2.75, 3.05) is 11.9 Å². The number of halogens is 1. The Hall–Kier alpha value is -1.41. The predicted octanol–water partition coefficient (Wildman–Crippen LogP) is 1.69. The van der Waals surface area contributed by atoms with Gasteiger partial charge in [-0.3, -0.25) is 4.57 Å². The number of ether oxygens (including phenoxy) is 1. The van der Waals surface area contributed by atoms with Crippen LogP contribution in [0.2, 0.25) is 5.15 Å². The third-order valence-corrected chi connectivity index (χ3v) is 4.85. The molecule has 3 atom stereocenters. The Balaban J connectivity index is 1.68.